The van der Waals surface area contributed by atoms with Crippen molar-refractivity contribution in [1.29, 1.82) is 0 Å². The molecule has 33 heavy (non-hydrogen) atoms. The first kappa shape index (κ1) is 22.1. The monoisotopic (exact) mass is 445 g/mol. The predicted octanol–water partition coefficient (Wildman–Crippen LogP) is 3.83. The summed E-state index contributed by atoms with van der Waals surface area (Å²) in [6, 6.07) is 16.8. The van der Waals surface area contributed by atoms with E-state index in [4.69, 9.17) is 15.6 Å². The van der Waals surface area contributed by atoms with Gasteiger partial charge in [-0.15, -0.1) is 0 Å². The molecular weight excluding hydrogens is 418 g/mol. The van der Waals surface area contributed by atoms with Crippen molar-refractivity contribution in [3.05, 3.63) is 72.8 Å². The van der Waals surface area contributed by atoms with E-state index in [2.05, 4.69) is 11.9 Å². The van der Waals surface area contributed by atoms with E-state index >= 15 is 0 Å². The first-order valence-corrected chi connectivity index (χ1v) is 10.9. The van der Waals surface area contributed by atoms with E-state index in [1.54, 1.807) is 16.6 Å². The minimum atomic E-state index is -0.569. The van der Waals surface area contributed by atoms with Crippen LogP contribution in [0.4, 0.5) is 5.82 Å². The maximum atomic E-state index is 12.4. The van der Waals surface area contributed by atoms with Crippen LogP contribution in [-0.4, -0.2) is 46.6 Å². The molecule has 170 valence electrons. The number of hydrogen-bond donors (Lipinski definition) is 2. The molecule has 0 spiro atoms. The Morgan fingerprint density at radius 1 is 1.15 bits per heavy atom. The predicted molar refractivity (Wildman–Crippen MR) is 127 cm³/mol. The zero-order valence-electron chi connectivity index (χ0n) is 18.5. The van der Waals surface area contributed by atoms with Crippen LogP contribution in [0.3, 0.4) is 0 Å². The number of aromatic nitrogens is 2. The van der Waals surface area contributed by atoms with Crippen LogP contribution in [0.2, 0.25) is 0 Å². The van der Waals surface area contributed by atoms with Gasteiger partial charge in [0, 0.05) is 25.7 Å². The van der Waals surface area contributed by atoms with Gasteiger partial charge in [0.25, 0.3) is 5.91 Å². The topological polar surface area (TPSA) is 102 Å². The number of nitrogens with two attached hydrogens (primary N) is 1. The highest BCUT2D eigenvalue weighted by atomic mass is 16.5. The Morgan fingerprint density at radius 3 is 2.48 bits per heavy atom. The van der Waals surface area contributed by atoms with Gasteiger partial charge in [-0.3, -0.25) is 9.59 Å². The lowest BCUT2D eigenvalue weighted by molar-refractivity contribution is -0.127. The lowest BCUT2D eigenvalue weighted by atomic mass is 10.1. The summed E-state index contributed by atoms with van der Waals surface area (Å²) < 4.78 is 7.65. The Morgan fingerprint density at radius 2 is 1.85 bits per heavy atom. The molecule has 3 N–H and O–H groups in total. The van der Waals surface area contributed by atoms with Crippen LogP contribution in [0.15, 0.2) is 67.3 Å². The molecule has 8 heteroatoms. The number of piperidine rings is 1. The van der Waals surface area contributed by atoms with E-state index in [-0.39, 0.29) is 11.9 Å². The van der Waals surface area contributed by atoms with Gasteiger partial charge < -0.3 is 20.7 Å². The number of carbonyl (C=O) groups excluding carboxylic acids is 2. The van der Waals surface area contributed by atoms with Crippen molar-refractivity contribution in [3.8, 4) is 22.8 Å². The Kier molecular flexibility index (Phi) is 6.44. The molecule has 1 atom stereocenters. The maximum Gasteiger partial charge on any atom is 0.254 e. The first-order valence-electron chi connectivity index (χ1n) is 10.9. The average molecular weight is 446 g/mol. The molecule has 0 saturated carbocycles. The molecule has 0 aliphatic carbocycles. The molecular formula is C25H27N5O3. The van der Waals surface area contributed by atoms with Gasteiger partial charge in [0.05, 0.1) is 6.04 Å². The van der Waals surface area contributed by atoms with Crippen molar-refractivity contribution in [2.45, 2.75) is 18.9 Å². The largest absolute Gasteiger partial charge is 0.457 e. The fraction of sp³-hybridized carbons (Fsp3) is 0.240. The van der Waals surface area contributed by atoms with Gasteiger partial charge in [0.2, 0.25) is 5.91 Å². The summed E-state index contributed by atoms with van der Waals surface area (Å²) in [6.45, 7) is 4.75. The number of likely N-dealkylation sites (tertiary alicyclic amines) is 1. The van der Waals surface area contributed by atoms with E-state index in [9.17, 15) is 9.59 Å². The highest BCUT2D eigenvalue weighted by Crippen LogP contribution is 2.34. The van der Waals surface area contributed by atoms with E-state index < -0.39 is 5.91 Å². The van der Waals surface area contributed by atoms with Crippen molar-refractivity contribution >= 4 is 17.6 Å². The van der Waals surface area contributed by atoms with Crippen molar-refractivity contribution in [3.63, 3.8) is 0 Å². The van der Waals surface area contributed by atoms with Gasteiger partial charge in [0.1, 0.15) is 28.6 Å². The zero-order valence-corrected chi connectivity index (χ0v) is 18.5. The molecule has 1 aliphatic rings. The molecule has 2 heterocycles. The molecule has 0 bridgehead atoms. The SMILES string of the molecule is C=CC(=O)N1CCC[C@@H](n2nc(-c3ccc(Oc4ccccc4)cc3)c(C(N)=O)c2NC)C1. The summed E-state index contributed by atoms with van der Waals surface area (Å²) in [4.78, 5) is 26.3. The van der Waals surface area contributed by atoms with E-state index in [1.807, 2.05) is 54.6 Å². The summed E-state index contributed by atoms with van der Waals surface area (Å²) in [6.07, 6.45) is 2.99. The number of ether oxygens (including phenoxy) is 1. The molecule has 3 aromatic rings. The van der Waals surface area contributed by atoms with Crippen LogP contribution in [0.5, 0.6) is 11.5 Å². The van der Waals surface area contributed by atoms with Gasteiger partial charge in [0.15, 0.2) is 0 Å². The smallest absolute Gasteiger partial charge is 0.254 e. The Balaban J connectivity index is 1.67. The number of primary amides is 1. The number of benzene rings is 2. The number of rotatable bonds is 7. The Bertz CT molecular complexity index is 1150. The molecule has 1 aliphatic heterocycles. The number of nitrogens with one attached hydrogen (secondary N) is 1. The third-order valence-corrected chi connectivity index (χ3v) is 5.73. The minimum Gasteiger partial charge on any atom is -0.457 e. The Hall–Kier alpha value is -4.07. The average Bonchev–Trinajstić information content (AvgIpc) is 3.25. The Labute approximate surface area is 192 Å². The van der Waals surface area contributed by atoms with Crippen LogP contribution >= 0.6 is 0 Å². The van der Waals surface area contributed by atoms with Crippen molar-refractivity contribution in [1.82, 2.24) is 14.7 Å². The van der Waals surface area contributed by atoms with Crippen LogP contribution in [0.25, 0.3) is 11.3 Å². The maximum absolute atomic E-state index is 12.4. The molecule has 2 amide bonds. The summed E-state index contributed by atoms with van der Waals surface area (Å²) >= 11 is 0. The highest BCUT2D eigenvalue weighted by molar-refractivity contribution is 6.03. The van der Waals surface area contributed by atoms with Gasteiger partial charge >= 0.3 is 0 Å². The highest BCUT2D eigenvalue weighted by Gasteiger charge is 2.30. The lowest BCUT2D eigenvalue weighted by Gasteiger charge is -2.32. The number of para-hydroxylation sites is 1. The van der Waals surface area contributed by atoms with Crippen molar-refractivity contribution < 1.29 is 14.3 Å². The van der Waals surface area contributed by atoms with Gasteiger partial charge in [-0.2, -0.15) is 5.10 Å². The molecule has 4 rings (SSSR count). The van der Waals surface area contributed by atoms with Gasteiger partial charge in [-0.25, -0.2) is 4.68 Å². The molecule has 1 aromatic heterocycles. The lowest BCUT2D eigenvalue weighted by Crippen LogP contribution is -2.40. The quantitative estimate of drug-likeness (QED) is 0.538. The third kappa shape index (κ3) is 4.59. The number of anilines is 1. The second-order valence-corrected chi connectivity index (χ2v) is 7.85. The van der Waals surface area contributed by atoms with E-state index in [0.29, 0.717) is 35.9 Å². The van der Waals surface area contributed by atoms with Gasteiger partial charge in [-0.1, -0.05) is 24.8 Å². The fourth-order valence-electron chi connectivity index (χ4n) is 4.16. The summed E-state index contributed by atoms with van der Waals surface area (Å²) in [5, 5.41) is 7.86. The fourth-order valence-corrected chi connectivity index (χ4v) is 4.16. The zero-order chi connectivity index (χ0) is 23.4. The molecule has 1 saturated heterocycles. The standard InChI is InChI=1S/C25H27N5O3/c1-3-21(31)29-15-7-8-18(16-29)30-25(27-2)22(24(26)32)23(28-30)17-11-13-20(14-12-17)33-19-9-5-4-6-10-19/h3-6,9-14,18,27H,1,7-8,15-16H2,2H3,(H2,26,32)/t18-/m1/s1. The molecule has 0 unspecified atom stereocenters. The van der Waals surface area contributed by atoms with Crippen LogP contribution in [0, 0.1) is 0 Å². The molecule has 2 aromatic carbocycles. The summed E-state index contributed by atoms with van der Waals surface area (Å²) in [5.74, 6) is 1.27. The number of carbonyl (C=O) groups is 2. The summed E-state index contributed by atoms with van der Waals surface area (Å²) in [5.41, 5.74) is 7.32. The van der Waals surface area contributed by atoms with Crippen LogP contribution in [0.1, 0.15) is 29.2 Å². The number of hydrogen-bond acceptors (Lipinski definition) is 5. The van der Waals surface area contributed by atoms with Crippen LogP contribution in [-0.2, 0) is 4.79 Å². The van der Waals surface area contributed by atoms with Crippen molar-refractivity contribution in [2.75, 3.05) is 25.5 Å². The number of amides is 2. The molecule has 8 nitrogen and oxygen atoms in total. The van der Waals surface area contributed by atoms with E-state index in [0.717, 1.165) is 24.2 Å². The normalized spacial score (nSPS) is 15.7. The molecule has 1 fully saturated rings. The second kappa shape index (κ2) is 9.60. The van der Waals surface area contributed by atoms with Crippen LogP contribution < -0.4 is 15.8 Å². The van der Waals surface area contributed by atoms with Gasteiger partial charge in [-0.05, 0) is 55.3 Å². The first-order chi connectivity index (χ1) is 16.0. The number of nitrogens with zero attached hydrogens (tertiary/aromatic N) is 3. The van der Waals surface area contributed by atoms with E-state index in [1.165, 1.54) is 6.08 Å². The van der Waals surface area contributed by atoms with Crippen molar-refractivity contribution in [2.24, 2.45) is 5.73 Å². The summed E-state index contributed by atoms with van der Waals surface area (Å²) in [7, 11) is 1.73. The minimum absolute atomic E-state index is 0.0855. The molecule has 0 radical (unpaired) electrons. The third-order valence-electron chi connectivity index (χ3n) is 5.73. The second-order valence-electron chi connectivity index (χ2n) is 7.85.